The van der Waals surface area contributed by atoms with E-state index in [9.17, 15) is 9.59 Å². The predicted octanol–water partition coefficient (Wildman–Crippen LogP) is 2.55. The summed E-state index contributed by atoms with van der Waals surface area (Å²) in [6.45, 7) is 1.22. The highest BCUT2D eigenvalue weighted by Gasteiger charge is 2.20. The van der Waals surface area contributed by atoms with E-state index in [0.29, 0.717) is 29.9 Å². The van der Waals surface area contributed by atoms with Crippen LogP contribution >= 0.6 is 0 Å². The predicted molar refractivity (Wildman–Crippen MR) is 107 cm³/mol. The highest BCUT2D eigenvalue weighted by molar-refractivity contribution is 5.98. The summed E-state index contributed by atoms with van der Waals surface area (Å²) in [5.74, 6) is 0.975. The third kappa shape index (κ3) is 3.11. The Balaban J connectivity index is 1.50. The van der Waals surface area contributed by atoms with Crippen LogP contribution in [0.15, 0.2) is 47.4 Å². The summed E-state index contributed by atoms with van der Waals surface area (Å²) in [6, 6.07) is 11.4. The second-order valence-corrected chi connectivity index (χ2v) is 6.82. The lowest BCUT2D eigenvalue weighted by molar-refractivity contribution is 0.0952. The van der Waals surface area contributed by atoms with E-state index in [4.69, 9.17) is 9.47 Å². The third-order valence-electron chi connectivity index (χ3n) is 5.19. The number of nitrogens with one attached hydrogen (secondary N) is 1. The smallest absolute Gasteiger partial charge is 0.256 e. The van der Waals surface area contributed by atoms with Gasteiger partial charge in [0.05, 0.1) is 19.7 Å². The van der Waals surface area contributed by atoms with Gasteiger partial charge in [0, 0.05) is 24.7 Å². The maximum atomic E-state index is 12.8. The topological polar surface area (TPSA) is 69.6 Å². The van der Waals surface area contributed by atoms with Gasteiger partial charge >= 0.3 is 0 Å². The Bertz CT molecular complexity index is 1120. The van der Waals surface area contributed by atoms with Crippen LogP contribution in [0.4, 0.5) is 0 Å². The second kappa shape index (κ2) is 7.38. The number of aromatic nitrogens is 1. The molecule has 1 N–H and O–H groups in total. The first-order chi connectivity index (χ1) is 13.6. The van der Waals surface area contributed by atoms with Gasteiger partial charge < -0.3 is 19.4 Å². The Morgan fingerprint density at radius 2 is 1.96 bits per heavy atom. The fourth-order valence-corrected chi connectivity index (χ4v) is 3.77. The molecule has 0 saturated carbocycles. The number of hydrogen-bond acceptors (Lipinski definition) is 4. The summed E-state index contributed by atoms with van der Waals surface area (Å²) in [5, 5.41) is 3.48. The van der Waals surface area contributed by atoms with Crippen LogP contribution in [0.1, 0.15) is 21.5 Å². The van der Waals surface area contributed by atoms with Gasteiger partial charge in [-0.2, -0.15) is 0 Å². The van der Waals surface area contributed by atoms with Gasteiger partial charge in [0.15, 0.2) is 11.5 Å². The van der Waals surface area contributed by atoms with E-state index in [2.05, 4.69) is 5.32 Å². The van der Waals surface area contributed by atoms with Gasteiger partial charge in [-0.05, 0) is 42.2 Å². The minimum Gasteiger partial charge on any atom is -0.493 e. The van der Waals surface area contributed by atoms with Crippen molar-refractivity contribution in [2.45, 2.75) is 19.4 Å². The summed E-state index contributed by atoms with van der Waals surface area (Å²) < 4.78 is 12.5. The van der Waals surface area contributed by atoms with Crippen LogP contribution < -0.4 is 20.2 Å². The number of carbonyl (C=O) groups is 1. The highest BCUT2D eigenvalue weighted by Crippen LogP contribution is 2.27. The number of aryl methyl sites for hydroxylation is 2. The molecule has 3 aromatic rings. The molecule has 4 rings (SSSR count). The molecule has 1 aliphatic rings. The molecule has 0 aliphatic carbocycles. The van der Waals surface area contributed by atoms with Gasteiger partial charge in [-0.1, -0.05) is 18.2 Å². The first-order valence-corrected chi connectivity index (χ1v) is 9.26. The molecular formula is C22H22N2O4. The van der Waals surface area contributed by atoms with Crippen molar-refractivity contribution in [3.8, 4) is 11.5 Å². The minimum atomic E-state index is -0.339. The van der Waals surface area contributed by atoms with Crippen LogP contribution in [0, 0.1) is 0 Å². The van der Waals surface area contributed by atoms with Crippen LogP contribution in [-0.2, 0) is 19.4 Å². The van der Waals surface area contributed by atoms with E-state index >= 15 is 0 Å². The van der Waals surface area contributed by atoms with Crippen LogP contribution in [0.5, 0.6) is 11.5 Å². The van der Waals surface area contributed by atoms with E-state index < -0.39 is 0 Å². The normalized spacial score (nSPS) is 12.2. The van der Waals surface area contributed by atoms with Crippen molar-refractivity contribution in [3.63, 3.8) is 0 Å². The zero-order valence-electron chi connectivity index (χ0n) is 16.0. The number of amides is 1. The van der Waals surface area contributed by atoms with Crippen molar-refractivity contribution < 1.29 is 14.3 Å². The third-order valence-corrected chi connectivity index (χ3v) is 5.19. The Morgan fingerprint density at radius 3 is 2.75 bits per heavy atom. The molecule has 28 heavy (non-hydrogen) atoms. The number of pyridine rings is 1. The number of rotatable bonds is 6. The zero-order valence-corrected chi connectivity index (χ0v) is 16.0. The van der Waals surface area contributed by atoms with Crippen molar-refractivity contribution >= 4 is 16.8 Å². The summed E-state index contributed by atoms with van der Waals surface area (Å²) in [6.07, 6.45) is 3.20. The van der Waals surface area contributed by atoms with Crippen molar-refractivity contribution in [1.29, 1.82) is 0 Å². The maximum Gasteiger partial charge on any atom is 0.256 e. The number of methoxy groups -OCH3 is 2. The van der Waals surface area contributed by atoms with E-state index in [1.807, 2.05) is 34.9 Å². The average Bonchev–Trinajstić information content (AvgIpc) is 3.14. The first kappa shape index (κ1) is 18.1. The van der Waals surface area contributed by atoms with Gasteiger partial charge in [0.25, 0.3) is 5.91 Å². The van der Waals surface area contributed by atoms with E-state index in [0.717, 1.165) is 29.6 Å². The SMILES string of the molecule is COc1ccc(CCNC(=O)c2cn3c4c(cccc4c2=O)CC3)cc1OC. The largest absolute Gasteiger partial charge is 0.493 e. The average molecular weight is 378 g/mol. The van der Waals surface area contributed by atoms with Gasteiger partial charge in [0.2, 0.25) is 5.43 Å². The van der Waals surface area contributed by atoms with Crippen molar-refractivity contribution in [2.24, 2.45) is 0 Å². The Labute approximate surface area is 162 Å². The molecule has 0 spiro atoms. The standard InChI is InChI=1S/C22H22N2O4/c1-27-18-7-6-14(12-19(18)28-2)8-10-23-22(26)17-13-24-11-9-15-4-3-5-16(20(15)24)21(17)25/h3-7,12-13H,8-11H2,1-2H3,(H,23,26). The Kier molecular flexibility index (Phi) is 4.77. The van der Waals surface area contributed by atoms with Gasteiger partial charge in [-0.15, -0.1) is 0 Å². The summed E-state index contributed by atoms with van der Waals surface area (Å²) in [7, 11) is 3.18. The maximum absolute atomic E-state index is 12.8. The second-order valence-electron chi connectivity index (χ2n) is 6.82. The molecule has 1 aromatic heterocycles. The molecule has 0 unspecified atom stereocenters. The number of nitrogens with zero attached hydrogens (tertiary/aromatic N) is 1. The fourth-order valence-electron chi connectivity index (χ4n) is 3.77. The minimum absolute atomic E-state index is 0.193. The quantitative estimate of drug-likeness (QED) is 0.716. The zero-order chi connectivity index (χ0) is 19.7. The first-order valence-electron chi connectivity index (χ1n) is 9.26. The number of para-hydroxylation sites is 1. The molecule has 0 fully saturated rings. The van der Waals surface area contributed by atoms with Crippen LogP contribution in [0.25, 0.3) is 10.9 Å². The molecule has 0 saturated heterocycles. The lowest BCUT2D eigenvalue weighted by Crippen LogP contribution is -2.31. The molecule has 0 bridgehead atoms. The van der Waals surface area contributed by atoms with Gasteiger partial charge in [0.1, 0.15) is 5.56 Å². The lowest BCUT2D eigenvalue weighted by atomic mass is 10.1. The molecule has 1 amide bonds. The highest BCUT2D eigenvalue weighted by atomic mass is 16.5. The van der Waals surface area contributed by atoms with Crippen LogP contribution in [0.2, 0.25) is 0 Å². The number of hydrogen-bond donors (Lipinski definition) is 1. The monoisotopic (exact) mass is 378 g/mol. The summed E-state index contributed by atoms with van der Waals surface area (Å²) in [4.78, 5) is 25.4. The Hall–Kier alpha value is -3.28. The molecule has 6 nitrogen and oxygen atoms in total. The van der Waals surface area contributed by atoms with E-state index in [1.165, 1.54) is 0 Å². The van der Waals surface area contributed by atoms with Crippen LogP contribution in [-0.4, -0.2) is 31.2 Å². The number of carbonyl (C=O) groups excluding carboxylic acids is 1. The molecule has 144 valence electrons. The Morgan fingerprint density at radius 1 is 1.14 bits per heavy atom. The van der Waals surface area contributed by atoms with Crippen molar-refractivity contribution in [3.05, 3.63) is 69.5 Å². The van der Waals surface area contributed by atoms with Crippen molar-refractivity contribution in [1.82, 2.24) is 9.88 Å². The van der Waals surface area contributed by atoms with Gasteiger partial charge in [-0.3, -0.25) is 9.59 Å². The van der Waals surface area contributed by atoms with Gasteiger partial charge in [-0.25, -0.2) is 0 Å². The molecular weight excluding hydrogens is 356 g/mol. The molecule has 1 aliphatic heterocycles. The molecule has 2 aromatic carbocycles. The molecule has 6 heteroatoms. The number of ether oxygens (including phenoxy) is 2. The lowest BCUT2D eigenvalue weighted by Gasteiger charge is -2.11. The fraction of sp³-hybridized carbons (Fsp3) is 0.273. The number of benzene rings is 2. The van der Waals surface area contributed by atoms with E-state index in [-0.39, 0.29) is 16.9 Å². The molecule has 0 atom stereocenters. The van der Waals surface area contributed by atoms with E-state index in [1.54, 1.807) is 26.5 Å². The summed E-state index contributed by atoms with van der Waals surface area (Å²) >= 11 is 0. The van der Waals surface area contributed by atoms with Crippen LogP contribution in [0.3, 0.4) is 0 Å². The molecule has 2 heterocycles. The van der Waals surface area contributed by atoms with Crippen molar-refractivity contribution in [2.75, 3.05) is 20.8 Å². The molecule has 0 radical (unpaired) electrons. The summed E-state index contributed by atoms with van der Waals surface area (Å²) in [5.41, 5.74) is 3.11.